The van der Waals surface area contributed by atoms with E-state index in [2.05, 4.69) is 4.98 Å². The Morgan fingerprint density at radius 2 is 1.85 bits per heavy atom. The number of ether oxygens (including phenoxy) is 1. The Morgan fingerprint density at radius 3 is 2.44 bits per heavy atom. The van der Waals surface area contributed by atoms with E-state index in [1.54, 1.807) is 31.2 Å². The van der Waals surface area contributed by atoms with Crippen molar-refractivity contribution in [2.24, 2.45) is 0 Å². The minimum Gasteiger partial charge on any atom is -0.465 e. The Balaban J connectivity index is 2.10. The molecular weight excluding hydrogens is 366 g/mol. The van der Waals surface area contributed by atoms with Crippen LogP contribution >= 0.6 is 0 Å². The Bertz CT molecular complexity index is 1020. The van der Waals surface area contributed by atoms with Crippen molar-refractivity contribution < 1.29 is 22.4 Å². The van der Waals surface area contributed by atoms with Gasteiger partial charge in [0.1, 0.15) is 6.26 Å². The number of sulfone groups is 1. The largest absolute Gasteiger partial charge is 0.465 e. The first-order valence-corrected chi connectivity index (χ1v) is 10.3. The normalized spacial score (nSPS) is 12.5. The van der Waals surface area contributed by atoms with Gasteiger partial charge in [0.25, 0.3) is 0 Å². The van der Waals surface area contributed by atoms with E-state index in [9.17, 15) is 13.2 Å². The fourth-order valence-corrected chi connectivity index (χ4v) is 3.49. The monoisotopic (exact) mass is 385 g/mol. The van der Waals surface area contributed by atoms with Crippen molar-refractivity contribution in [3.63, 3.8) is 0 Å². The topological polar surface area (TPSA) is 86.5 Å². The zero-order chi connectivity index (χ0) is 19.4. The number of hydrogen-bond acceptors (Lipinski definition) is 6. The van der Waals surface area contributed by atoms with Crippen LogP contribution in [0.25, 0.3) is 11.1 Å². The van der Waals surface area contributed by atoms with Gasteiger partial charge in [0, 0.05) is 6.26 Å². The molecule has 0 bridgehead atoms. The summed E-state index contributed by atoms with van der Waals surface area (Å²) >= 11 is 0. The number of esters is 1. The summed E-state index contributed by atoms with van der Waals surface area (Å²) < 4.78 is 34.0. The molecule has 27 heavy (non-hydrogen) atoms. The number of hydrogen-bond donors (Lipinski definition) is 0. The van der Waals surface area contributed by atoms with Crippen LogP contribution in [0, 0.1) is 0 Å². The van der Waals surface area contributed by atoms with Crippen LogP contribution in [0.15, 0.2) is 70.3 Å². The average Bonchev–Trinajstić information content (AvgIpc) is 3.16. The fourth-order valence-electron chi connectivity index (χ4n) is 2.86. The molecule has 0 fully saturated rings. The molecule has 6 nitrogen and oxygen atoms in total. The van der Waals surface area contributed by atoms with Crippen LogP contribution in [-0.4, -0.2) is 32.2 Å². The highest BCUT2D eigenvalue weighted by Gasteiger charge is 2.30. The third kappa shape index (κ3) is 4.09. The van der Waals surface area contributed by atoms with Crippen LogP contribution in [0.3, 0.4) is 0 Å². The van der Waals surface area contributed by atoms with E-state index in [-0.39, 0.29) is 17.4 Å². The van der Waals surface area contributed by atoms with Gasteiger partial charge in [-0.2, -0.15) is 0 Å². The molecule has 0 radical (unpaired) electrons. The molecule has 0 spiro atoms. The molecule has 1 heterocycles. The van der Waals surface area contributed by atoms with Gasteiger partial charge in [0.2, 0.25) is 5.89 Å². The second kappa shape index (κ2) is 7.75. The summed E-state index contributed by atoms with van der Waals surface area (Å²) in [5.74, 6) is -1.03. The van der Waals surface area contributed by atoms with Gasteiger partial charge >= 0.3 is 5.97 Å². The van der Waals surface area contributed by atoms with E-state index < -0.39 is 21.7 Å². The van der Waals surface area contributed by atoms with Gasteiger partial charge in [-0.25, -0.2) is 13.4 Å². The predicted octanol–water partition coefficient (Wildman–Crippen LogP) is 3.44. The molecule has 7 heteroatoms. The first-order valence-electron chi connectivity index (χ1n) is 8.37. The van der Waals surface area contributed by atoms with Crippen molar-refractivity contribution in [3.8, 4) is 11.1 Å². The Hall–Kier alpha value is -2.93. The van der Waals surface area contributed by atoms with Gasteiger partial charge in [0.05, 0.1) is 17.7 Å². The highest BCUT2D eigenvalue weighted by Crippen LogP contribution is 2.34. The summed E-state index contributed by atoms with van der Waals surface area (Å²) in [6.07, 6.45) is 4.05. The molecule has 0 amide bonds. The van der Waals surface area contributed by atoms with Crippen molar-refractivity contribution in [3.05, 3.63) is 72.4 Å². The van der Waals surface area contributed by atoms with Gasteiger partial charge in [-0.15, -0.1) is 0 Å². The molecule has 3 rings (SSSR count). The Kier molecular flexibility index (Phi) is 5.41. The SMILES string of the molecule is CCOC(=O)C(c1ncco1)c1ccccc1-c1ccc(S(C)(=O)=O)cc1. The molecule has 1 atom stereocenters. The molecule has 0 aliphatic carbocycles. The standard InChI is InChI=1S/C20H19NO5S/c1-3-25-20(22)18(19-21-12-13-26-19)17-7-5-4-6-16(17)14-8-10-15(11-9-14)27(2,23)24/h4-13,18H,3H2,1-2H3. The summed E-state index contributed by atoms with van der Waals surface area (Å²) in [6, 6.07) is 13.9. The molecule has 1 unspecified atom stereocenters. The molecular formula is C20H19NO5S. The van der Waals surface area contributed by atoms with E-state index in [1.165, 1.54) is 12.5 Å². The molecule has 0 saturated carbocycles. The third-order valence-electron chi connectivity index (χ3n) is 4.09. The maximum atomic E-state index is 12.6. The quantitative estimate of drug-likeness (QED) is 0.604. The summed E-state index contributed by atoms with van der Waals surface area (Å²) in [5.41, 5.74) is 2.22. The number of carbonyl (C=O) groups is 1. The molecule has 3 aromatic rings. The fraction of sp³-hybridized carbons (Fsp3) is 0.200. The second-order valence-electron chi connectivity index (χ2n) is 5.94. The van der Waals surface area contributed by atoms with Crippen molar-refractivity contribution in [2.75, 3.05) is 12.9 Å². The summed E-state index contributed by atoms with van der Waals surface area (Å²) in [4.78, 5) is 17.0. The lowest BCUT2D eigenvalue weighted by Crippen LogP contribution is -2.18. The molecule has 0 aliphatic heterocycles. The zero-order valence-corrected chi connectivity index (χ0v) is 15.8. The van der Waals surface area contributed by atoms with Crippen molar-refractivity contribution in [1.82, 2.24) is 4.98 Å². The number of benzene rings is 2. The average molecular weight is 385 g/mol. The van der Waals surface area contributed by atoms with Gasteiger partial charge in [0.15, 0.2) is 15.8 Å². The number of oxazole rings is 1. The molecule has 0 saturated heterocycles. The van der Waals surface area contributed by atoms with Crippen molar-refractivity contribution in [1.29, 1.82) is 0 Å². The van der Waals surface area contributed by atoms with Crippen LogP contribution in [0.1, 0.15) is 24.3 Å². The summed E-state index contributed by atoms with van der Waals surface area (Å²) in [5, 5.41) is 0. The lowest BCUT2D eigenvalue weighted by molar-refractivity contribution is -0.144. The first kappa shape index (κ1) is 18.8. The summed E-state index contributed by atoms with van der Waals surface area (Å²) in [7, 11) is -3.28. The van der Waals surface area contributed by atoms with E-state index in [4.69, 9.17) is 9.15 Å². The lowest BCUT2D eigenvalue weighted by atomic mass is 9.90. The van der Waals surface area contributed by atoms with Gasteiger partial charge < -0.3 is 9.15 Å². The minimum atomic E-state index is -3.28. The van der Waals surface area contributed by atoms with E-state index in [1.807, 2.05) is 24.3 Å². The van der Waals surface area contributed by atoms with Crippen LogP contribution in [0.2, 0.25) is 0 Å². The maximum absolute atomic E-state index is 12.6. The predicted molar refractivity (Wildman–Crippen MR) is 100.0 cm³/mol. The summed E-state index contributed by atoms with van der Waals surface area (Å²) in [6.45, 7) is 1.97. The second-order valence-corrected chi connectivity index (χ2v) is 7.95. The molecule has 0 aliphatic rings. The van der Waals surface area contributed by atoms with Gasteiger partial charge in [-0.3, -0.25) is 4.79 Å². The first-order chi connectivity index (χ1) is 12.9. The molecule has 2 aromatic carbocycles. The van der Waals surface area contributed by atoms with Crippen LogP contribution in [-0.2, 0) is 19.4 Å². The molecule has 0 N–H and O–H groups in total. The van der Waals surface area contributed by atoms with Crippen LogP contribution in [0.4, 0.5) is 0 Å². The highest BCUT2D eigenvalue weighted by molar-refractivity contribution is 7.90. The molecule has 140 valence electrons. The number of carbonyl (C=O) groups excluding carboxylic acids is 1. The van der Waals surface area contributed by atoms with Crippen LogP contribution < -0.4 is 0 Å². The van der Waals surface area contributed by atoms with Crippen molar-refractivity contribution in [2.45, 2.75) is 17.7 Å². The minimum absolute atomic E-state index is 0.235. The van der Waals surface area contributed by atoms with E-state index in [0.29, 0.717) is 5.56 Å². The van der Waals surface area contributed by atoms with Gasteiger partial charge in [-0.1, -0.05) is 36.4 Å². The third-order valence-corrected chi connectivity index (χ3v) is 5.21. The Morgan fingerprint density at radius 1 is 1.15 bits per heavy atom. The van der Waals surface area contributed by atoms with Crippen LogP contribution in [0.5, 0.6) is 0 Å². The van der Waals surface area contributed by atoms with E-state index >= 15 is 0 Å². The Labute approximate surface area is 157 Å². The number of nitrogens with zero attached hydrogens (tertiary/aromatic N) is 1. The zero-order valence-electron chi connectivity index (χ0n) is 15.0. The highest BCUT2D eigenvalue weighted by atomic mass is 32.2. The number of rotatable bonds is 6. The van der Waals surface area contributed by atoms with Crippen molar-refractivity contribution >= 4 is 15.8 Å². The molecule has 1 aromatic heterocycles. The maximum Gasteiger partial charge on any atom is 0.322 e. The smallest absolute Gasteiger partial charge is 0.322 e. The number of aromatic nitrogens is 1. The lowest BCUT2D eigenvalue weighted by Gasteiger charge is -2.17. The van der Waals surface area contributed by atoms with Gasteiger partial charge in [-0.05, 0) is 35.7 Å². The van der Waals surface area contributed by atoms with E-state index in [0.717, 1.165) is 17.4 Å².